The predicted octanol–water partition coefficient (Wildman–Crippen LogP) is 1.65. The highest BCUT2D eigenvalue weighted by Crippen LogP contribution is 2.41. The number of hydrogen-bond donors (Lipinski definition) is 1. The molecule has 0 unspecified atom stereocenters. The molecule has 1 aliphatic carbocycles. The fourth-order valence-corrected chi connectivity index (χ4v) is 3.59. The van der Waals surface area contributed by atoms with Crippen molar-refractivity contribution in [3.05, 3.63) is 27.1 Å². The van der Waals surface area contributed by atoms with E-state index in [0.717, 1.165) is 34.5 Å². The molecule has 4 nitrogen and oxygen atoms in total. The molecule has 1 amide bonds. The number of thiophene rings is 1. The number of amides is 1. The monoisotopic (exact) mass is 247 g/mol. The first kappa shape index (κ1) is 10.5. The van der Waals surface area contributed by atoms with E-state index in [-0.39, 0.29) is 5.91 Å². The molecule has 2 N–H and O–H groups in total. The third-order valence-corrected chi connectivity index (χ3v) is 4.35. The lowest BCUT2D eigenvalue weighted by Gasteiger charge is -2.12. The quantitative estimate of drug-likeness (QED) is 0.833. The first-order valence-electron chi connectivity index (χ1n) is 5.53. The summed E-state index contributed by atoms with van der Waals surface area (Å²) in [6.07, 6.45) is 3.88. The average molecular weight is 247 g/mol. The summed E-state index contributed by atoms with van der Waals surface area (Å²) in [5.41, 5.74) is 9.93. The number of aryl methyl sites for hydroxylation is 3. The summed E-state index contributed by atoms with van der Waals surface area (Å²) in [7, 11) is 1.93. The SMILES string of the molecule is Cc1sc(C(N)=O)c2c1-c1nn(C)cc1CC2. The lowest BCUT2D eigenvalue weighted by Crippen LogP contribution is -2.13. The van der Waals surface area contributed by atoms with Crippen LogP contribution in [-0.2, 0) is 19.9 Å². The van der Waals surface area contributed by atoms with Crippen molar-refractivity contribution in [2.45, 2.75) is 19.8 Å². The lowest BCUT2D eigenvalue weighted by molar-refractivity contribution is 0.100. The molecule has 88 valence electrons. The average Bonchev–Trinajstić information content (AvgIpc) is 2.77. The van der Waals surface area contributed by atoms with Gasteiger partial charge >= 0.3 is 0 Å². The summed E-state index contributed by atoms with van der Waals surface area (Å²) in [5, 5.41) is 4.50. The van der Waals surface area contributed by atoms with Crippen LogP contribution in [0.4, 0.5) is 0 Å². The summed E-state index contributed by atoms with van der Waals surface area (Å²) in [6, 6.07) is 0. The van der Waals surface area contributed by atoms with Gasteiger partial charge in [0.2, 0.25) is 0 Å². The molecule has 0 bridgehead atoms. The Kier molecular flexibility index (Phi) is 2.13. The molecule has 0 spiro atoms. The Morgan fingerprint density at radius 2 is 2.29 bits per heavy atom. The second-order valence-corrected chi connectivity index (χ2v) is 5.61. The van der Waals surface area contributed by atoms with Crippen LogP contribution in [0.25, 0.3) is 11.3 Å². The zero-order valence-electron chi connectivity index (χ0n) is 9.78. The van der Waals surface area contributed by atoms with E-state index in [4.69, 9.17) is 5.73 Å². The third kappa shape index (κ3) is 1.42. The zero-order chi connectivity index (χ0) is 12.2. The first-order valence-corrected chi connectivity index (χ1v) is 6.34. The van der Waals surface area contributed by atoms with Crippen LogP contribution < -0.4 is 5.73 Å². The molecule has 0 fully saturated rings. The minimum absolute atomic E-state index is 0.321. The molecule has 5 heteroatoms. The fraction of sp³-hybridized carbons (Fsp3) is 0.333. The van der Waals surface area contributed by atoms with Gasteiger partial charge in [0, 0.05) is 23.7 Å². The van der Waals surface area contributed by atoms with E-state index in [2.05, 4.69) is 11.3 Å². The highest BCUT2D eigenvalue weighted by atomic mass is 32.1. The third-order valence-electron chi connectivity index (χ3n) is 3.19. The topological polar surface area (TPSA) is 60.9 Å². The fourth-order valence-electron chi connectivity index (χ4n) is 2.53. The molecule has 2 aromatic heterocycles. The number of carbonyl (C=O) groups excluding carboxylic acids is 1. The lowest BCUT2D eigenvalue weighted by atomic mass is 9.91. The maximum atomic E-state index is 11.4. The summed E-state index contributed by atoms with van der Waals surface area (Å²) in [6.45, 7) is 2.03. The maximum Gasteiger partial charge on any atom is 0.259 e. The van der Waals surface area contributed by atoms with Crippen molar-refractivity contribution in [1.82, 2.24) is 9.78 Å². The van der Waals surface area contributed by atoms with Gasteiger partial charge in [0.15, 0.2) is 0 Å². The van der Waals surface area contributed by atoms with Crippen molar-refractivity contribution in [1.29, 1.82) is 0 Å². The van der Waals surface area contributed by atoms with E-state index in [1.54, 1.807) is 0 Å². The number of rotatable bonds is 1. The van der Waals surface area contributed by atoms with E-state index >= 15 is 0 Å². The Hall–Kier alpha value is -1.62. The van der Waals surface area contributed by atoms with Crippen LogP contribution in [0.15, 0.2) is 6.20 Å². The van der Waals surface area contributed by atoms with Gasteiger partial charge in [0.1, 0.15) is 0 Å². The normalized spacial score (nSPS) is 13.3. The molecular formula is C12H13N3OS. The van der Waals surface area contributed by atoms with Crippen molar-refractivity contribution in [3.63, 3.8) is 0 Å². The van der Waals surface area contributed by atoms with Crippen LogP contribution in [0, 0.1) is 6.92 Å². The molecule has 2 aromatic rings. The summed E-state index contributed by atoms with van der Waals surface area (Å²) >= 11 is 1.49. The highest BCUT2D eigenvalue weighted by Gasteiger charge is 2.27. The van der Waals surface area contributed by atoms with Crippen LogP contribution in [-0.4, -0.2) is 15.7 Å². The van der Waals surface area contributed by atoms with E-state index in [0.29, 0.717) is 4.88 Å². The molecule has 2 heterocycles. The second-order valence-electron chi connectivity index (χ2n) is 4.38. The number of hydrogen-bond acceptors (Lipinski definition) is 3. The Labute approximate surface area is 103 Å². The molecule has 3 rings (SSSR count). The maximum absolute atomic E-state index is 11.4. The molecule has 0 aromatic carbocycles. The molecular weight excluding hydrogens is 234 g/mol. The number of aromatic nitrogens is 2. The van der Waals surface area contributed by atoms with Gasteiger partial charge in [-0.15, -0.1) is 11.3 Å². The first-order chi connectivity index (χ1) is 8.08. The minimum atomic E-state index is -0.321. The van der Waals surface area contributed by atoms with Gasteiger partial charge in [-0.2, -0.15) is 5.10 Å². The molecule has 0 saturated heterocycles. The van der Waals surface area contributed by atoms with Crippen LogP contribution in [0.2, 0.25) is 0 Å². The van der Waals surface area contributed by atoms with E-state index in [9.17, 15) is 4.79 Å². The standard InChI is InChI=1S/C12H13N3OS/c1-6-9-8(11(17-6)12(13)16)4-3-7-5-15(2)14-10(7)9/h5H,3-4H2,1-2H3,(H2,13,16). The largest absolute Gasteiger partial charge is 0.365 e. The van der Waals surface area contributed by atoms with Gasteiger partial charge < -0.3 is 5.73 Å². The number of nitrogens with zero attached hydrogens (tertiary/aromatic N) is 2. The Morgan fingerprint density at radius 1 is 1.53 bits per heavy atom. The van der Waals surface area contributed by atoms with Crippen molar-refractivity contribution >= 4 is 17.2 Å². The Bertz CT molecular complexity index is 624. The molecule has 0 aliphatic heterocycles. The van der Waals surface area contributed by atoms with Crippen molar-refractivity contribution in [3.8, 4) is 11.3 Å². The number of fused-ring (bicyclic) bond motifs is 3. The second kappa shape index (κ2) is 3.43. The number of primary amides is 1. The number of carbonyl (C=O) groups is 1. The van der Waals surface area contributed by atoms with Crippen LogP contribution in [0.3, 0.4) is 0 Å². The summed E-state index contributed by atoms with van der Waals surface area (Å²) in [4.78, 5) is 13.2. The van der Waals surface area contributed by atoms with Gasteiger partial charge in [-0.1, -0.05) is 0 Å². The Balaban J connectivity index is 2.29. The predicted molar refractivity (Wildman–Crippen MR) is 67.2 cm³/mol. The van der Waals surface area contributed by atoms with Crippen LogP contribution in [0.5, 0.6) is 0 Å². The minimum Gasteiger partial charge on any atom is -0.365 e. The smallest absolute Gasteiger partial charge is 0.259 e. The highest BCUT2D eigenvalue weighted by molar-refractivity contribution is 7.14. The van der Waals surface area contributed by atoms with Gasteiger partial charge in [-0.3, -0.25) is 9.48 Å². The van der Waals surface area contributed by atoms with Gasteiger partial charge in [-0.25, -0.2) is 0 Å². The zero-order valence-corrected chi connectivity index (χ0v) is 10.6. The molecule has 0 radical (unpaired) electrons. The Morgan fingerprint density at radius 3 is 3.00 bits per heavy atom. The van der Waals surface area contributed by atoms with Gasteiger partial charge in [0.25, 0.3) is 5.91 Å². The number of nitrogens with two attached hydrogens (primary N) is 1. The van der Waals surface area contributed by atoms with E-state index in [1.165, 1.54) is 16.9 Å². The summed E-state index contributed by atoms with van der Waals surface area (Å²) in [5.74, 6) is -0.321. The van der Waals surface area contributed by atoms with Crippen LogP contribution in [0.1, 0.15) is 25.7 Å². The molecule has 0 atom stereocenters. The van der Waals surface area contributed by atoms with Crippen molar-refractivity contribution in [2.75, 3.05) is 0 Å². The molecule has 1 aliphatic rings. The van der Waals surface area contributed by atoms with E-state index in [1.807, 2.05) is 18.7 Å². The molecule has 17 heavy (non-hydrogen) atoms. The summed E-state index contributed by atoms with van der Waals surface area (Å²) < 4.78 is 1.83. The van der Waals surface area contributed by atoms with Gasteiger partial charge in [0.05, 0.1) is 10.6 Å². The van der Waals surface area contributed by atoms with Gasteiger partial charge in [-0.05, 0) is 30.9 Å². The van der Waals surface area contributed by atoms with Crippen molar-refractivity contribution in [2.24, 2.45) is 12.8 Å². The van der Waals surface area contributed by atoms with Crippen molar-refractivity contribution < 1.29 is 4.79 Å². The van der Waals surface area contributed by atoms with Crippen LogP contribution >= 0.6 is 11.3 Å². The molecule has 0 saturated carbocycles. The van der Waals surface area contributed by atoms with E-state index < -0.39 is 0 Å².